The van der Waals surface area contributed by atoms with Crippen molar-refractivity contribution in [3.05, 3.63) is 57.5 Å². The largest absolute Gasteiger partial charge is 0.495 e. The van der Waals surface area contributed by atoms with Crippen molar-refractivity contribution in [3.63, 3.8) is 0 Å². The zero-order valence-corrected chi connectivity index (χ0v) is 16.6. The van der Waals surface area contributed by atoms with Gasteiger partial charge in [0, 0.05) is 0 Å². The topological polar surface area (TPSA) is 64.1 Å². The second-order valence-electron chi connectivity index (χ2n) is 5.50. The number of anilines is 1. The fraction of sp³-hybridized carbons (Fsp3) is 0.0556. The highest BCUT2D eigenvalue weighted by Crippen LogP contribution is 2.38. The van der Waals surface area contributed by atoms with Crippen molar-refractivity contribution in [3.8, 4) is 5.75 Å². The number of hydrogen-bond donors (Lipinski definition) is 1. The van der Waals surface area contributed by atoms with Gasteiger partial charge in [0.25, 0.3) is 5.91 Å². The van der Waals surface area contributed by atoms with Crippen molar-refractivity contribution < 1.29 is 9.53 Å². The van der Waals surface area contributed by atoms with E-state index in [1.165, 1.54) is 7.11 Å². The van der Waals surface area contributed by atoms with Crippen LogP contribution in [0.4, 0.5) is 5.69 Å². The minimum Gasteiger partial charge on any atom is -0.495 e. The van der Waals surface area contributed by atoms with E-state index in [0.717, 1.165) is 27.0 Å². The quantitative estimate of drug-likeness (QED) is 0.448. The van der Waals surface area contributed by atoms with Gasteiger partial charge in [-0.2, -0.15) is 8.75 Å². The highest BCUT2D eigenvalue weighted by atomic mass is 79.9. The van der Waals surface area contributed by atoms with Crippen molar-refractivity contribution in [1.82, 2.24) is 8.75 Å². The Hall–Kier alpha value is -2.22. The lowest BCUT2D eigenvalue weighted by Crippen LogP contribution is -2.14. The summed E-state index contributed by atoms with van der Waals surface area (Å²) in [5.41, 5.74) is 2.08. The van der Waals surface area contributed by atoms with Crippen LogP contribution in [0.2, 0.25) is 5.02 Å². The minimum absolute atomic E-state index is 0.337. The third-order valence-corrected chi connectivity index (χ3v) is 5.65. The van der Waals surface area contributed by atoms with Gasteiger partial charge in [0.15, 0.2) is 0 Å². The van der Waals surface area contributed by atoms with E-state index in [1.807, 2.05) is 24.3 Å². The molecular weight excluding hydrogens is 438 g/mol. The number of aromatic nitrogens is 2. The normalized spacial score (nSPS) is 11.0. The number of rotatable bonds is 3. The molecule has 1 heterocycles. The van der Waals surface area contributed by atoms with E-state index in [4.69, 9.17) is 16.3 Å². The molecule has 5 nitrogen and oxygen atoms in total. The Balaban J connectivity index is 1.83. The van der Waals surface area contributed by atoms with Crippen LogP contribution in [-0.2, 0) is 0 Å². The third kappa shape index (κ3) is 2.82. The molecule has 1 amide bonds. The van der Waals surface area contributed by atoms with Crippen molar-refractivity contribution >= 4 is 72.7 Å². The lowest BCUT2D eigenvalue weighted by atomic mass is 10.0. The first-order valence-corrected chi connectivity index (χ1v) is 9.47. The maximum absolute atomic E-state index is 13.0. The van der Waals surface area contributed by atoms with Crippen LogP contribution in [0.15, 0.2) is 46.9 Å². The van der Waals surface area contributed by atoms with E-state index in [2.05, 4.69) is 30.0 Å². The molecule has 0 radical (unpaired) electrons. The summed E-state index contributed by atoms with van der Waals surface area (Å²) in [4.78, 5) is 13.0. The molecule has 0 bridgehead atoms. The summed E-state index contributed by atoms with van der Waals surface area (Å²) < 4.78 is 14.6. The average molecular weight is 449 g/mol. The molecule has 3 aromatic carbocycles. The second-order valence-corrected chi connectivity index (χ2v) is 7.23. The maximum atomic E-state index is 13.0. The number of nitrogens with one attached hydrogen (secondary N) is 1. The molecule has 0 fully saturated rings. The Labute approximate surface area is 166 Å². The number of methoxy groups -OCH3 is 1. The third-order valence-electron chi connectivity index (χ3n) is 4.01. The van der Waals surface area contributed by atoms with Gasteiger partial charge in [-0.25, -0.2) is 0 Å². The van der Waals surface area contributed by atoms with E-state index in [-0.39, 0.29) is 5.91 Å². The molecule has 0 saturated carbocycles. The molecule has 8 heteroatoms. The van der Waals surface area contributed by atoms with Gasteiger partial charge in [-0.1, -0.05) is 35.9 Å². The number of halogens is 2. The maximum Gasteiger partial charge on any atom is 0.259 e. The summed E-state index contributed by atoms with van der Waals surface area (Å²) in [7, 11) is 1.53. The first kappa shape index (κ1) is 17.2. The zero-order valence-electron chi connectivity index (χ0n) is 13.4. The van der Waals surface area contributed by atoms with Crippen molar-refractivity contribution in [2.75, 3.05) is 12.4 Å². The number of hydrogen-bond acceptors (Lipinski definition) is 5. The summed E-state index contributed by atoms with van der Waals surface area (Å²) in [6.07, 6.45) is 0. The molecule has 0 saturated heterocycles. The van der Waals surface area contributed by atoms with Crippen LogP contribution in [-0.4, -0.2) is 21.8 Å². The van der Waals surface area contributed by atoms with Crippen LogP contribution in [0.1, 0.15) is 10.4 Å². The van der Waals surface area contributed by atoms with Gasteiger partial charge in [-0.3, -0.25) is 4.79 Å². The fourth-order valence-corrected chi connectivity index (χ4v) is 4.26. The molecule has 130 valence electrons. The van der Waals surface area contributed by atoms with Crippen LogP contribution in [0.5, 0.6) is 5.75 Å². The number of fused-ring (bicyclic) bond motifs is 2. The molecule has 0 atom stereocenters. The molecule has 1 N–H and O–H groups in total. The smallest absolute Gasteiger partial charge is 0.259 e. The van der Waals surface area contributed by atoms with Crippen LogP contribution in [0.25, 0.3) is 21.8 Å². The van der Waals surface area contributed by atoms with Gasteiger partial charge in [0.1, 0.15) is 16.8 Å². The van der Waals surface area contributed by atoms with Gasteiger partial charge in [0.05, 0.1) is 39.6 Å². The first-order valence-electron chi connectivity index (χ1n) is 7.57. The number of carbonyl (C=O) groups excluding carboxylic acids is 1. The molecular formula is C18H11BrClN3O2S. The first-order chi connectivity index (χ1) is 12.6. The molecule has 0 aliphatic carbocycles. The van der Waals surface area contributed by atoms with Gasteiger partial charge in [-0.05, 0) is 44.9 Å². The molecule has 0 aliphatic heterocycles. The van der Waals surface area contributed by atoms with E-state index in [1.54, 1.807) is 18.2 Å². The van der Waals surface area contributed by atoms with Gasteiger partial charge in [-0.15, -0.1) is 0 Å². The number of nitrogens with zero attached hydrogens (tertiary/aromatic N) is 2. The van der Waals surface area contributed by atoms with Gasteiger partial charge >= 0.3 is 0 Å². The summed E-state index contributed by atoms with van der Waals surface area (Å²) in [6, 6.07) is 13.0. The minimum atomic E-state index is -0.337. The Morgan fingerprint density at radius 2 is 2.04 bits per heavy atom. The standard InChI is InChI=1S/C18H11BrClN3O2S/c1-25-17-11(8-9-4-2-3-5-10(9)14(17)19)18(24)21-15-12(20)6-7-13-16(15)23-26-22-13/h2-8H,1H3,(H,21,24). The van der Waals surface area contributed by atoms with Crippen LogP contribution >= 0.6 is 39.3 Å². The molecule has 26 heavy (non-hydrogen) atoms. The van der Waals surface area contributed by atoms with E-state index in [9.17, 15) is 4.79 Å². The average Bonchev–Trinajstić information content (AvgIpc) is 3.13. The van der Waals surface area contributed by atoms with E-state index >= 15 is 0 Å². The highest BCUT2D eigenvalue weighted by molar-refractivity contribution is 9.10. The van der Waals surface area contributed by atoms with Crippen LogP contribution < -0.4 is 10.1 Å². The summed E-state index contributed by atoms with van der Waals surface area (Å²) in [5, 5.41) is 5.14. The monoisotopic (exact) mass is 447 g/mol. The van der Waals surface area contributed by atoms with Crippen LogP contribution in [0.3, 0.4) is 0 Å². The molecule has 4 aromatic rings. The summed E-state index contributed by atoms with van der Waals surface area (Å²) in [5.74, 6) is 0.122. The van der Waals surface area contributed by atoms with Gasteiger partial charge in [0.2, 0.25) is 0 Å². The Kier molecular flexibility index (Phi) is 4.52. The number of ether oxygens (including phenoxy) is 1. The Morgan fingerprint density at radius 1 is 1.23 bits per heavy atom. The van der Waals surface area contributed by atoms with Crippen molar-refractivity contribution in [1.29, 1.82) is 0 Å². The Bertz CT molecular complexity index is 1160. The van der Waals surface area contributed by atoms with Gasteiger partial charge < -0.3 is 10.1 Å². The molecule has 4 rings (SSSR count). The lowest BCUT2D eigenvalue weighted by molar-refractivity contribution is 0.102. The number of carbonyl (C=O) groups is 1. The van der Waals surface area contributed by atoms with Crippen molar-refractivity contribution in [2.24, 2.45) is 0 Å². The van der Waals surface area contributed by atoms with E-state index in [0.29, 0.717) is 33.1 Å². The summed E-state index contributed by atoms with van der Waals surface area (Å²) in [6.45, 7) is 0. The molecule has 0 aliphatic rings. The predicted octanol–water partition coefficient (Wildman–Crippen LogP) is 5.52. The van der Waals surface area contributed by atoms with Crippen molar-refractivity contribution in [2.45, 2.75) is 0 Å². The molecule has 0 spiro atoms. The number of amides is 1. The number of benzene rings is 3. The SMILES string of the molecule is COc1c(C(=O)Nc2c(Cl)ccc3nsnc23)cc2ccccc2c1Br. The Morgan fingerprint density at radius 3 is 2.85 bits per heavy atom. The molecule has 1 aromatic heterocycles. The fourth-order valence-electron chi connectivity index (χ4n) is 2.78. The zero-order chi connectivity index (χ0) is 18.3. The van der Waals surface area contributed by atoms with E-state index < -0.39 is 0 Å². The highest BCUT2D eigenvalue weighted by Gasteiger charge is 2.20. The second kappa shape index (κ2) is 6.83. The lowest BCUT2D eigenvalue weighted by Gasteiger charge is -2.14. The van der Waals surface area contributed by atoms with Crippen LogP contribution in [0, 0.1) is 0 Å². The summed E-state index contributed by atoms with van der Waals surface area (Å²) >= 11 is 10.9. The predicted molar refractivity (Wildman–Crippen MR) is 109 cm³/mol. The molecule has 0 unspecified atom stereocenters.